The van der Waals surface area contributed by atoms with Crippen molar-refractivity contribution >= 4 is 17.6 Å². The van der Waals surface area contributed by atoms with Gasteiger partial charge in [-0.25, -0.2) is 4.98 Å². The van der Waals surface area contributed by atoms with E-state index in [0.29, 0.717) is 10.7 Å². The monoisotopic (exact) mass is 232 g/mol. The number of hydrogen-bond acceptors (Lipinski definition) is 3. The van der Waals surface area contributed by atoms with Gasteiger partial charge in [0.25, 0.3) is 0 Å². The lowest BCUT2D eigenvalue weighted by molar-refractivity contribution is -0.255. The van der Waals surface area contributed by atoms with E-state index in [1.54, 1.807) is 36.4 Å². The molecule has 0 saturated carbocycles. The number of aromatic nitrogens is 1. The van der Waals surface area contributed by atoms with Gasteiger partial charge < -0.3 is 9.90 Å². The van der Waals surface area contributed by atoms with Crippen LogP contribution in [0.4, 0.5) is 0 Å². The highest BCUT2D eigenvalue weighted by molar-refractivity contribution is 6.30. The predicted octanol–water partition coefficient (Wildman–Crippen LogP) is 1.77. The van der Waals surface area contributed by atoms with Crippen LogP contribution < -0.4 is 5.11 Å². The minimum Gasteiger partial charge on any atom is -0.543 e. The third-order valence-corrected chi connectivity index (χ3v) is 2.35. The zero-order valence-electron chi connectivity index (χ0n) is 8.18. The summed E-state index contributed by atoms with van der Waals surface area (Å²) < 4.78 is 0. The minimum absolute atomic E-state index is 0.0764. The molecule has 3 nitrogen and oxygen atoms in total. The first kappa shape index (κ1) is 10.6. The van der Waals surface area contributed by atoms with Gasteiger partial charge in [0.2, 0.25) is 0 Å². The molecule has 0 N–H and O–H groups in total. The van der Waals surface area contributed by atoms with Crippen molar-refractivity contribution in [2.24, 2.45) is 0 Å². The topological polar surface area (TPSA) is 53.0 Å². The van der Waals surface area contributed by atoms with E-state index in [9.17, 15) is 9.90 Å². The van der Waals surface area contributed by atoms with Crippen LogP contribution in [-0.2, 0) is 0 Å². The van der Waals surface area contributed by atoms with E-state index in [1.807, 2.05) is 0 Å². The number of halogens is 1. The molecule has 0 amide bonds. The molecular formula is C12H7ClNO2-. The second-order valence-corrected chi connectivity index (χ2v) is 3.64. The summed E-state index contributed by atoms with van der Waals surface area (Å²) in [6.07, 6.45) is 0. The first-order valence-electron chi connectivity index (χ1n) is 4.61. The third kappa shape index (κ3) is 2.20. The van der Waals surface area contributed by atoms with Crippen LogP contribution in [0.15, 0.2) is 42.5 Å². The molecule has 1 aromatic heterocycles. The van der Waals surface area contributed by atoms with E-state index in [4.69, 9.17) is 11.6 Å². The summed E-state index contributed by atoms with van der Waals surface area (Å²) in [6, 6.07) is 11.8. The Bertz CT molecular complexity index is 523. The predicted molar refractivity (Wildman–Crippen MR) is 59.0 cm³/mol. The molecule has 4 heteroatoms. The van der Waals surface area contributed by atoms with E-state index >= 15 is 0 Å². The van der Waals surface area contributed by atoms with E-state index in [0.717, 1.165) is 5.56 Å². The van der Waals surface area contributed by atoms with Crippen molar-refractivity contribution in [1.82, 2.24) is 4.98 Å². The number of aromatic carboxylic acids is 1. The van der Waals surface area contributed by atoms with Gasteiger partial charge in [-0.15, -0.1) is 0 Å². The fourth-order valence-electron chi connectivity index (χ4n) is 1.33. The third-order valence-electron chi connectivity index (χ3n) is 2.10. The maximum atomic E-state index is 10.6. The summed E-state index contributed by atoms with van der Waals surface area (Å²) in [4.78, 5) is 14.6. The second kappa shape index (κ2) is 4.33. The smallest absolute Gasteiger partial charge is 0.0900 e. The SMILES string of the molecule is O=C([O-])c1cccc(-c2ccc(Cl)cc2)n1. The quantitative estimate of drug-likeness (QED) is 0.793. The number of carboxylic acid groups (broad SMARTS) is 1. The Balaban J connectivity index is 2.44. The molecule has 0 aliphatic heterocycles. The standard InChI is InChI=1S/C12H8ClNO2/c13-9-6-4-8(5-7-9)10-2-1-3-11(14-10)12(15)16/h1-7H,(H,15,16)/p-1. The summed E-state index contributed by atoms with van der Waals surface area (Å²) in [7, 11) is 0. The van der Waals surface area contributed by atoms with Crippen LogP contribution in [0.3, 0.4) is 0 Å². The second-order valence-electron chi connectivity index (χ2n) is 3.20. The average molecular weight is 233 g/mol. The van der Waals surface area contributed by atoms with Crippen molar-refractivity contribution in [3.05, 3.63) is 53.2 Å². The Morgan fingerprint density at radius 2 is 1.81 bits per heavy atom. The molecule has 0 bridgehead atoms. The summed E-state index contributed by atoms with van der Waals surface area (Å²) in [5, 5.41) is 11.3. The maximum absolute atomic E-state index is 10.6. The summed E-state index contributed by atoms with van der Waals surface area (Å²) in [5.41, 5.74) is 1.32. The number of carboxylic acids is 1. The molecule has 0 aliphatic carbocycles. The lowest BCUT2D eigenvalue weighted by Gasteiger charge is -2.05. The lowest BCUT2D eigenvalue weighted by Crippen LogP contribution is -2.23. The van der Waals surface area contributed by atoms with Crippen LogP contribution in [0.2, 0.25) is 5.02 Å². The number of benzene rings is 1. The fraction of sp³-hybridized carbons (Fsp3) is 0. The molecule has 0 unspecified atom stereocenters. The van der Waals surface area contributed by atoms with Gasteiger partial charge in [0, 0.05) is 10.6 Å². The molecule has 80 valence electrons. The van der Waals surface area contributed by atoms with Gasteiger partial charge >= 0.3 is 0 Å². The Morgan fingerprint density at radius 3 is 2.44 bits per heavy atom. The van der Waals surface area contributed by atoms with E-state index < -0.39 is 5.97 Å². The molecule has 0 aliphatic rings. The highest BCUT2D eigenvalue weighted by Crippen LogP contribution is 2.19. The van der Waals surface area contributed by atoms with Gasteiger partial charge in [-0.2, -0.15) is 0 Å². The summed E-state index contributed by atoms with van der Waals surface area (Å²) in [5.74, 6) is -1.28. The molecule has 1 heterocycles. The van der Waals surface area contributed by atoms with Gasteiger partial charge in [0.1, 0.15) is 0 Å². The molecule has 0 fully saturated rings. The molecular weight excluding hydrogens is 226 g/mol. The van der Waals surface area contributed by atoms with Crippen LogP contribution in [0.1, 0.15) is 10.5 Å². The number of carbonyl (C=O) groups excluding carboxylic acids is 1. The first-order chi connectivity index (χ1) is 7.66. The molecule has 0 radical (unpaired) electrons. The largest absolute Gasteiger partial charge is 0.543 e. The van der Waals surface area contributed by atoms with E-state index in [2.05, 4.69) is 4.98 Å². The Kier molecular flexibility index (Phi) is 2.88. The highest BCUT2D eigenvalue weighted by Gasteiger charge is 2.01. The molecule has 1 aromatic carbocycles. The normalized spacial score (nSPS) is 10.1. The molecule has 0 saturated heterocycles. The molecule has 0 spiro atoms. The van der Waals surface area contributed by atoms with Gasteiger partial charge in [-0.05, 0) is 24.3 Å². The van der Waals surface area contributed by atoms with Gasteiger partial charge in [0.05, 0.1) is 17.4 Å². The number of carbonyl (C=O) groups is 1. The Hall–Kier alpha value is -1.87. The molecule has 0 atom stereocenters. The Morgan fingerprint density at radius 1 is 1.12 bits per heavy atom. The highest BCUT2D eigenvalue weighted by atomic mass is 35.5. The van der Waals surface area contributed by atoms with Crippen molar-refractivity contribution in [2.45, 2.75) is 0 Å². The van der Waals surface area contributed by atoms with Crippen LogP contribution in [-0.4, -0.2) is 11.0 Å². The van der Waals surface area contributed by atoms with Crippen molar-refractivity contribution in [1.29, 1.82) is 0 Å². The minimum atomic E-state index is -1.28. The number of rotatable bonds is 2. The van der Waals surface area contributed by atoms with Gasteiger partial charge in [0.15, 0.2) is 0 Å². The molecule has 2 aromatic rings. The van der Waals surface area contributed by atoms with E-state index in [1.165, 1.54) is 6.07 Å². The van der Waals surface area contributed by atoms with Crippen molar-refractivity contribution in [3.63, 3.8) is 0 Å². The van der Waals surface area contributed by atoms with E-state index in [-0.39, 0.29) is 5.69 Å². The Labute approximate surface area is 97.3 Å². The van der Waals surface area contributed by atoms with Crippen LogP contribution in [0, 0.1) is 0 Å². The maximum Gasteiger partial charge on any atom is 0.0900 e. The summed E-state index contributed by atoms with van der Waals surface area (Å²) in [6.45, 7) is 0. The number of hydrogen-bond donors (Lipinski definition) is 0. The number of nitrogens with zero attached hydrogens (tertiary/aromatic N) is 1. The zero-order chi connectivity index (χ0) is 11.5. The van der Waals surface area contributed by atoms with Gasteiger partial charge in [-0.1, -0.05) is 29.8 Å². The van der Waals surface area contributed by atoms with Crippen molar-refractivity contribution in [2.75, 3.05) is 0 Å². The zero-order valence-corrected chi connectivity index (χ0v) is 8.94. The van der Waals surface area contributed by atoms with Crippen LogP contribution >= 0.6 is 11.6 Å². The first-order valence-corrected chi connectivity index (χ1v) is 4.99. The fourth-order valence-corrected chi connectivity index (χ4v) is 1.46. The van der Waals surface area contributed by atoms with Crippen molar-refractivity contribution in [3.8, 4) is 11.3 Å². The lowest BCUT2D eigenvalue weighted by atomic mass is 10.1. The van der Waals surface area contributed by atoms with Gasteiger partial charge in [-0.3, -0.25) is 0 Å². The molecule has 16 heavy (non-hydrogen) atoms. The summed E-state index contributed by atoms with van der Waals surface area (Å²) >= 11 is 5.76. The van der Waals surface area contributed by atoms with Crippen molar-refractivity contribution < 1.29 is 9.90 Å². The van der Waals surface area contributed by atoms with Crippen LogP contribution in [0.25, 0.3) is 11.3 Å². The number of pyridine rings is 1. The average Bonchev–Trinajstić information content (AvgIpc) is 2.30. The van der Waals surface area contributed by atoms with Crippen LogP contribution in [0.5, 0.6) is 0 Å². The molecule has 2 rings (SSSR count).